The zero-order chi connectivity index (χ0) is 19.4. The average molecular weight is 413 g/mol. The molecule has 0 amide bonds. The summed E-state index contributed by atoms with van der Waals surface area (Å²) in [7, 11) is -0.330. The smallest absolute Gasteiger partial charge is 0.337 e. The van der Waals surface area contributed by atoms with Crippen LogP contribution in [0.15, 0.2) is 24.4 Å². The van der Waals surface area contributed by atoms with Gasteiger partial charge in [0.25, 0.3) is 0 Å². The number of anilines is 3. The molecule has 146 valence electrons. The highest BCUT2D eigenvalue weighted by molar-refractivity contribution is 7.74. The number of ether oxygens (including phenoxy) is 3. The summed E-state index contributed by atoms with van der Waals surface area (Å²) in [6.07, 6.45) is 1.51. The van der Waals surface area contributed by atoms with Crippen molar-refractivity contribution >= 4 is 44.0 Å². The number of morpholine rings is 1. The molecule has 0 saturated carbocycles. The number of thiazole rings is 1. The van der Waals surface area contributed by atoms with Gasteiger partial charge in [-0.05, 0) is 18.2 Å². The van der Waals surface area contributed by atoms with E-state index in [4.69, 9.17) is 9.47 Å². The summed E-state index contributed by atoms with van der Waals surface area (Å²) >= 11 is 1.26. The highest BCUT2D eigenvalue weighted by atomic mass is 32.2. The van der Waals surface area contributed by atoms with Crippen LogP contribution in [0.1, 0.15) is 10.4 Å². The summed E-state index contributed by atoms with van der Waals surface area (Å²) in [4.78, 5) is 18.1. The number of carbonyl (C=O) groups is 1. The summed E-state index contributed by atoms with van der Waals surface area (Å²) in [5.41, 5.74) is 0.552. The molecule has 0 radical (unpaired) electrons. The molecule has 2 heterocycles. The first-order chi connectivity index (χ1) is 13.0. The van der Waals surface area contributed by atoms with Gasteiger partial charge >= 0.3 is 5.97 Å². The number of methoxy groups -OCH3 is 2. The normalized spacial score (nSPS) is 14.3. The minimum atomic E-state index is -3.01. The van der Waals surface area contributed by atoms with Gasteiger partial charge in [-0.25, -0.2) is 22.5 Å². The van der Waals surface area contributed by atoms with Gasteiger partial charge in [0.15, 0.2) is 5.13 Å². The maximum atomic E-state index is 12.0. The number of hydrogen-bond donors (Lipinski definition) is 1. The molecule has 2 aromatic rings. The molecule has 0 aliphatic carbocycles. The Hall–Kier alpha value is -2.37. The van der Waals surface area contributed by atoms with Crippen LogP contribution in [0.2, 0.25) is 0 Å². The fourth-order valence-corrected chi connectivity index (χ4v) is 4.41. The minimum Gasteiger partial charge on any atom is -0.495 e. The molecule has 9 nitrogen and oxygen atoms in total. The van der Waals surface area contributed by atoms with Crippen molar-refractivity contribution in [1.29, 1.82) is 0 Å². The van der Waals surface area contributed by atoms with Crippen LogP contribution < -0.4 is 13.9 Å². The van der Waals surface area contributed by atoms with E-state index in [2.05, 4.69) is 9.72 Å². The molecule has 27 heavy (non-hydrogen) atoms. The molecular weight excluding hydrogens is 394 g/mol. The van der Waals surface area contributed by atoms with Gasteiger partial charge in [-0.3, -0.25) is 0 Å². The fraction of sp³-hybridized carbons (Fsp3) is 0.375. The van der Waals surface area contributed by atoms with Crippen molar-refractivity contribution in [2.45, 2.75) is 0 Å². The third kappa shape index (κ3) is 4.15. The molecule has 11 heteroatoms. The second-order valence-corrected chi connectivity index (χ2v) is 7.37. The topological polar surface area (TPSA) is 98.3 Å². The van der Waals surface area contributed by atoms with Crippen LogP contribution in [0.5, 0.6) is 5.75 Å². The van der Waals surface area contributed by atoms with Crippen molar-refractivity contribution < 1.29 is 27.4 Å². The number of benzene rings is 1. The first-order valence-electron chi connectivity index (χ1n) is 8.04. The minimum absolute atomic E-state index is 0.235. The lowest BCUT2D eigenvalue weighted by Gasteiger charge is -2.26. The quantitative estimate of drug-likeness (QED) is 0.561. The van der Waals surface area contributed by atoms with Gasteiger partial charge in [0.2, 0.25) is 10.9 Å². The Kier molecular flexibility index (Phi) is 6.14. The molecule has 1 aromatic heterocycles. The van der Waals surface area contributed by atoms with Crippen molar-refractivity contribution in [1.82, 2.24) is 4.98 Å². The van der Waals surface area contributed by atoms with Gasteiger partial charge in [-0.2, -0.15) is 0 Å². The molecule has 3 rings (SSSR count). The van der Waals surface area contributed by atoms with Crippen LogP contribution in [0.25, 0.3) is 0 Å². The fourth-order valence-electron chi connectivity index (χ4n) is 2.64. The van der Waals surface area contributed by atoms with Gasteiger partial charge in [0, 0.05) is 13.1 Å². The Morgan fingerprint density at radius 2 is 2.04 bits per heavy atom. The molecule has 1 aliphatic heterocycles. The number of carbonyl (C=O) groups excluding carboxylic acids is 1. The number of nitrogens with zero attached hydrogens (tertiary/aromatic N) is 3. The second-order valence-electron chi connectivity index (χ2n) is 5.51. The van der Waals surface area contributed by atoms with E-state index in [1.54, 1.807) is 0 Å². The predicted octanol–water partition coefficient (Wildman–Crippen LogP) is 1.44. The number of thiol groups is 1. The van der Waals surface area contributed by atoms with E-state index >= 15 is 0 Å². The third-order valence-corrected chi connectivity index (χ3v) is 5.90. The van der Waals surface area contributed by atoms with Crippen molar-refractivity contribution in [3.63, 3.8) is 0 Å². The van der Waals surface area contributed by atoms with E-state index in [0.29, 0.717) is 37.0 Å². The predicted molar refractivity (Wildman–Crippen MR) is 102 cm³/mol. The second kappa shape index (κ2) is 8.55. The lowest BCUT2D eigenvalue weighted by atomic mass is 10.2. The van der Waals surface area contributed by atoms with E-state index in [0.717, 1.165) is 9.44 Å². The number of rotatable bonds is 6. The molecular formula is C16H19N3O6S2. The molecule has 0 atom stereocenters. The van der Waals surface area contributed by atoms with Gasteiger partial charge in [-0.15, -0.1) is 0 Å². The highest BCUT2D eigenvalue weighted by Gasteiger charge is 2.23. The maximum absolute atomic E-state index is 12.0. The lowest BCUT2D eigenvalue weighted by molar-refractivity contribution is 0.0600. The van der Waals surface area contributed by atoms with Crippen LogP contribution in [-0.4, -0.2) is 59.9 Å². The van der Waals surface area contributed by atoms with Crippen LogP contribution in [0, 0.1) is 0 Å². The highest BCUT2D eigenvalue weighted by Crippen LogP contribution is 2.39. The number of esters is 1. The van der Waals surface area contributed by atoms with Crippen molar-refractivity contribution in [3.8, 4) is 5.75 Å². The summed E-state index contributed by atoms with van der Waals surface area (Å²) in [6, 6.07) is 4.43. The molecule has 0 N–H and O–H groups in total. The largest absolute Gasteiger partial charge is 0.495 e. The van der Waals surface area contributed by atoms with Crippen molar-refractivity contribution in [2.24, 2.45) is 0 Å². The van der Waals surface area contributed by atoms with Crippen LogP contribution in [-0.2, 0) is 20.4 Å². The van der Waals surface area contributed by atoms with Crippen molar-refractivity contribution in [3.05, 3.63) is 30.0 Å². The SMILES string of the molecule is COC(=O)c1ccc(N(c2cnc(N3CCOCC3)s2)[SH](=O)=O)c(OC)c1. The number of aromatic nitrogens is 1. The third-order valence-electron chi connectivity index (χ3n) is 3.96. The first-order valence-corrected chi connectivity index (χ1v) is 9.99. The molecule has 0 spiro atoms. The Balaban J connectivity index is 1.96. The first kappa shape index (κ1) is 19.4. The van der Waals surface area contributed by atoms with Crippen LogP contribution in [0.4, 0.5) is 15.8 Å². The monoisotopic (exact) mass is 413 g/mol. The average Bonchev–Trinajstić information content (AvgIpc) is 3.17. The molecule has 0 bridgehead atoms. The van der Waals surface area contributed by atoms with Gasteiger partial charge in [0.1, 0.15) is 10.8 Å². The number of hydrogen-bond acceptors (Lipinski definition) is 9. The summed E-state index contributed by atoms with van der Waals surface area (Å²) in [5, 5.41) is 1.15. The van der Waals surface area contributed by atoms with E-state index in [1.807, 2.05) is 4.90 Å². The molecule has 0 unspecified atom stereocenters. The Bertz CT molecular complexity index is 884. The summed E-state index contributed by atoms with van der Waals surface area (Å²) in [6.45, 7) is 2.62. The standard InChI is InChI=1S/C16H19N3O6S2/c1-23-13-9-11(15(20)24-2)3-4-12(13)19(27(21)22)14-10-17-16(26-14)18-5-7-25-8-6-18/h3-4,9-10,27H,5-8H2,1-2H3. The molecule has 1 fully saturated rings. The van der Waals surface area contributed by atoms with Crippen LogP contribution in [0.3, 0.4) is 0 Å². The van der Waals surface area contributed by atoms with E-state index in [1.165, 1.54) is 50.0 Å². The van der Waals surface area contributed by atoms with E-state index in [-0.39, 0.29) is 11.3 Å². The Morgan fingerprint density at radius 1 is 1.30 bits per heavy atom. The molecule has 1 saturated heterocycles. The van der Waals surface area contributed by atoms with Crippen molar-refractivity contribution in [2.75, 3.05) is 49.7 Å². The summed E-state index contributed by atoms with van der Waals surface area (Å²) in [5.74, 6) is -0.302. The molecule has 1 aliphatic rings. The lowest BCUT2D eigenvalue weighted by Crippen LogP contribution is -2.36. The van der Waals surface area contributed by atoms with Gasteiger partial charge in [-0.1, -0.05) is 11.3 Å². The van der Waals surface area contributed by atoms with Gasteiger partial charge < -0.3 is 19.1 Å². The zero-order valence-corrected chi connectivity index (χ0v) is 16.5. The molecule has 1 aromatic carbocycles. The van der Waals surface area contributed by atoms with Crippen LogP contribution >= 0.6 is 11.3 Å². The summed E-state index contributed by atoms with van der Waals surface area (Å²) < 4.78 is 40.4. The van der Waals surface area contributed by atoms with E-state index in [9.17, 15) is 13.2 Å². The van der Waals surface area contributed by atoms with Gasteiger partial charge in [0.05, 0.1) is 44.9 Å². The van der Waals surface area contributed by atoms with E-state index < -0.39 is 16.9 Å². The Labute approximate surface area is 162 Å². The Morgan fingerprint density at radius 3 is 2.67 bits per heavy atom. The maximum Gasteiger partial charge on any atom is 0.337 e. The zero-order valence-electron chi connectivity index (χ0n) is 14.8.